The average Bonchev–Trinajstić information content (AvgIpc) is 3.28. The Morgan fingerprint density at radius 1 is 1.17 bits per heavy atom. The molecular formula is C25H28N4O6S. The molecule has 0 radical (unpaired) electrons. The predicted octanol–water partition coefficient (Wildman–Crippen LogP) is 4.59. The average molecular weight is 513 g/mol. The fraction of sp³-hybridized carbons (Fsp3) is 0.400. The van der Waals surface area contributed by atoms with E-state index in [0.29, 0.717) is 16.9 Å². The van der Waals surface area contributed by atoms with E-state index in [1.54, 1.807) is 25.1 Å². The van der Waals surface area contributed by atoms with Crippen LogP contribution in [-0.2, 0) is 14.3 Å². The molecule has 10 nitrogen and oxygen atoms in total. The molecule has 2 fully saturated rings. The molecule has 2 aliphatic heterocycles. The van der Waals surface area contributed by atoms with E-state index in [1.807, 2.05) is 30.5 Å². The Bertz CT molecular complexity index is 1260. The van der Waals surface area contributed by atoms with Crippen LogP contribution in [0.4, 0.5) is 16.2 Å². The largest absolute Gasteiger partial charge is 0.465 e. The normalized spacial score (nSPS) is 17.2. The first kappa shape index (κ1) is 25.5. The zero-order chi connectivity index (χ0) is 26.0. The number of benzene rings is 1. The summed E-state index contributed by atoms with van der Waals surface area (Å²) in [6, 6.07) is 7.12. The van der Waals surface area contributed by atoms with Crippen LogP contribution in [0.25, 0.3) is 11.8 Å². The minimum Gasteiger partial charge on any atom is -0.465 e. The lowest BCUT2D eigenvalue weighted by Gasteiger charge is -2.28. The maximum atomic E-state index is 12.8. The minimum atomic E-state index is -0.645. The van der Waals surface area contributed by atoms with Crippen molar-refractivity contribution < 1.29 is 24.0 Å². The van der Waals surface area contributed by atoms with Crippen molar-refractivity contribution in [1.82, 2.24) is 9.47 Å². The smallest absolute Gasteiger partial charge is 0.326 e. The van der Waals surface area contributed by atoms with Crippen LogP contribution in [0.1, 0.15) is 43.1 Å². The predicted molar refractivity (Wildman–Crippen MR) is 137 cm³/mol. The standard InChI is InChI=1S/C25H28N4O6S/c1-4-35-23(30)15-27-24(31)22(36-25(27)32)13-18-12-16(2)28(17(18)3)19-8-9-20(21(14-19)29(33)34)26-10-6-5-7-11-26/h8-9,12-14H,4-7,10-11,15H2,1-3H3/b22-13-. The van der Waals surface area contributed by atoms with Crippen LogP contribution in [0.3, 0.4) is 0 Å². The summed E-state index contributed by atoms with van der Waals surface area (Å²) in [5.74, 6) is -1.20. The fourth-order valence-electron chi connectivity index (χ4n) is 4.64. The fourth-order valence-corrected chi connectivity index (χ4v) is 5.47. The SMILES string of the molecule is CCOC(=O)CN1C(=O)S/C(=C\c2cc(C)n(-c3ccc(N4CCCCC4)c([N+](=O)[O-])c3)c2C)C1=O. The van der Waals surface area contributed by atoms with Gasteiger partial charge in [0.15, 0.2) is 0 Å². The molecule has 2 aromatic rings. The number of piperidine rings is 1. The number of amides is 2. The number of hydrogen-bond acceptors (Lipinski definition) is 8. The quantitative estimate of drug-likeness (QED) is 0.229. The van der Waals surface area contributed by atoms with E-state index >= 15 is 0 Å². The summed E-state index contributed by atoms with van der Waals surface area (Å²) in [6.07, 6.45) is 4.78. The van der Waals surface area contributed by atoms with Gasteiger partial charge >= 0.3 is 5.97 Å². The number of aryl methyl sites for hydroxylation is 1. The van der Waals surface area contributed by atoms with Gasteiger partial charge in [0, 0.05) is 30.5 Å². The molecular weight excluding hydrogens is 484 g/mol. The van der Waals surface area contributed by atoms with Crippen molar-refractivity contribution in [3.8, 4) is 5.69 Å². The van der Waals surface area contributed by atoms with Gasteiger partial charge in [-0.2, -0.15) is 0 Å². The third kappa shape index (κ3) is 5.01. The van der Waals surface area contributed by atoms with Crippen molar-refractivity contribution >= 4 is 46.3 Å². The summed E-state index contributed by atoms with van der Waals surface area (Å²) >= 11 is 0.767. The number of esters is 1. The van der Waals surface area contributed by atoms with Gasteiger partial charge in [0.05, 0.1) is 22.1 Å². The van der Waals surface area contributed by atoms with Crippen molar-refractivity contribution in [3.63, 3.8) is 0 Å². The van der Waals surface area contributed by atoms with Gasteiger partial charge in [-0.3, -0.25) is 29.4 Å². The van der Waals surface area contributed by atoms with Crippen LogP contribution >= 0.6 is 11.8 Å². The van der Waals surface area contributed by atoms with Crippen LogP contribution in [-0.4, -0.2) is 57.7 Å². The molecule has 2 saturated heterocycles. The first-order chi connectivity index (χ1) is 17.2. The van der Waals surface area contributed by atoms with Crippen LogP contribution in [0.2, 0.25) is 0 Å². The van der Waals surface area contributed by atoms with Crippen LogP contribution in [0, 0.1) is 24.0 Å². The van der Waals surface area contributed by atoms with Crippen LogP contribution < -0.4 is 4.90 Å². The molecule has 36 heavy (non-hydrogen) atoms. The number of carbonyl (C=O) groups excluding carboxylic acids is 3. The molecule has 0 saturated carbocycles. The van der Waals surface area contributed by atoms with Crippen LogP contribution in [0.15, 0.2) is 29.2 Å². The Hall–Kier alpha value is -3.60. The number of thioether (sulfide) groups is 1. The zero-order valence-corrected chi connectivity index (χ0v) is 21.3. The highest BCUT2D eigenvalue weighted by Gasteiger charge is 2.37. The molecule has 2 amide bonds. The highest BCUT2D eigenvalue weighted by Crippen LogP contribution is 2.36. The molecule has 0 spiro atoms. The lowest BCUT2D eigenvalue weighted by molar-refractivity contribution is -0.384. The Morgan fingerprint density at radius 2 is 1.89 bits per heavy atom. The van der Waals surface area contributed by atoms with E-state index in [-0.39, 0.29) is 22.1 Å². The number of rotatable bonds is 7. The molecule has 0 bridgehead atoms. The van der Waals surface area contributed by atoms with Gasteiger partial charge in [-0.1, -0.05) is 0 Å². The third-order valence-electron chi connectivity index (χ3n) is 6.33. The van der Waals surface area contributed by atoms with Crippen molar-refractivity contribution in [1.29, 1.82) is 0 Å². The number of ether oxygens (including phenoxy) is 1. The topological polar surface area (TPSA) is 115 Å². The van der Waals surface area contributed by atoms with Crippen LogP contribution in [0.5, 0.6) is 0 Å². The number of nitro benzene ring substituents is 1. The summed E-state index contributed by atoms with van der Waals surface area (Å²) in [5.41, 5.74) is 3.63. The number of aromatic nitrogens is 1. The zero-order valence-electron chi connectivity index (χ0n) is 20.5. The minimum absolute atomic E-state index is 0.0588. The molecule has 190 valence electrons. The Balaban J connectivity index is 1.64. The highest BCUT2D eigenvalue weighted by molar-refractivity contribution is 8.18. The van der Waals surface area contributed by atoms with Gasteiger partial charge in [-0.25, -0.2) is 0 Å². The van der Waals surface area contributed by atoms with Gasteiger partial charge < -0.3 is 14.2 Å². The molecule has 0 unspecified atom stereocenters. The maximum absolute atomic E-state index is 12.8. The number of hydrogen-bond donors (Lipinski definition) is 0. The second kappa shape index (κ2) is 10.6. The summed E-state index contributed by atoms with van der Waals surface area (Å²) in [5, 5.41) is 11.4. The third-order valence-corrected chi connectivity index (χ3v) is 7.24. The summed E-state index contributed by atoms with van der Waals surface area (Å²) < 4.78 is 6.74. The molecule has 3 heterocycles. The Kier molecular flexibility index (Phi) is 7.48. The van der Waals surface area contributed by atoms with E-state index in [1.165, 1.54) is 0 Å². The maximum Gasteiger partial charge on any atom is 0.326 e. The second-order valence-corrected chi connectivity index (χ2v) is 9.71. The molecule has 0 N–H and O–H groups in total. The van der Waals surface area contributed by atoms with E-state index in [9.17, 15) is 24.5 Å². The molecule has 4 rings (SSSR count). The van der Waals surface area contributed by atoms with Crippen molar-refractivity contribution in [3.05, 3.63) is 56.2 Å². The van der Waals surface area contributed by atoms with Crippen molar-refractivity contribution in [2.24, 2.45) is 0 Å². The number of imide groups is 1. The van der Waals surface area contributed by atoms with Gasteiger partial charge in [0.1, 0.15) is 12.2 Å². The van der Waals surface area contributed by atoms with Crippen molar-refractivity contribution in [2.75, 3.05) is 31.1 Å². The number of carbonyl (C=O) groups is 3. The van der Waals surface area contributed by atoms with Gasteiger partial charge in [0.25, 0.3) is 16.8 Å². The molecule has 0 aliphatic carbocycles. The first-order valence-corrected chi connectivity index (χ1v) is 12.7. The van der Waals surface area contributed by atoms with E-state index in [2.05, 4.69) is 4.90 Å². The second-order valence-electron chi connectivity index (χ2n) is 8.71. The number of nitro groups is 1. The summed E-state index contributed by atoms with van der Waals surface area (Å²) in [7, 11) is 0. The first-order valence-electron chi connectivity index (χ1n) is 11.8. The molecule has 11 heteroatoms. The lowest BCUT2D eigenvalue weighted by atomic mass is 10.1. The summed E-state index contributed by atoms with van der Waals surface area (Å²) in [6.45, 7) is 6.72. The molecule has 1 aromatic carbocycles. The van der Waals surface area contributed by atoms with E-state index < -0.39 is 23.7 Å². The number of nitrogens with zero attached hydrogens (tertiary/aromatic N) is 4. The van der Waals surface area contributed by atoms with Crippen molar-refractivity contribution in [2.45, 2.75) is 40.0 Å². The van der Waals surface area contributed by atoms with Gasteiger partial charge in [0.2, 0.25) is 0 Å². The molecule has 0 atom stereocenters. The lowest BCUT2D eigenvalue weighted by Crippen LogP contribution is -2.34. The Morgan fingerprint density at radius 3 is 2.56 bits per heavy atom. The monoisotopic (exact) mass is 512 g/mol. The molecule has 2 aliphatic rings. The van der Waals surface area contributed by atoms with E-state index in [4.69, 9.17) is 4.74 Å². The molecule has 1 aromatic heterocycles. The Labute approximate surface area is 213 Å². The highest BCUT2D eigenvalue weighted by atomic mass is 32.2. The van der Waals surface area contributed by atoms with Gasteiger partial charge in [-0.05, 0) is 81.6 Å². The number of anilines is 1. The van der Waals surface area contributed by atoms with E-state index in [0.717, 1.165) is 60.4 Å². The summed E-state index contributed by atoms with van der Waals surface area (Å²) in [4.78, 5) is 51.6. The van der Waals surface area contributed by atoms with Gasteiger partial charge in [-0.15, -0.1) is 0 Å².